The summed E-state index contributed by atoms with van der Waals surface area (Å²) in [6.07, 6.45) is 3.89. The van der Waals surface area contributed by atoms with Crippen molar-refractivity contribution in [1.82, 2.24) is 0 Å². The van der Waals surface area contributed by atoms with Crippen LogP contribution in [0.2, 0.25) is 0 Å². The second-order valence-electron chi connectivity index (χ2n) is 7.13. The van der Waals surface area contributed by atoms with Crippen LogP contribution in [0.15, 0.2) is 94.5 Å². The zero-order valence-electron chi connectivity index (χ0n) is 17.5. The molecule has 6 heteroatoms. The van der Waals surface area contributed by atoms with Crippen molar-refractivity contribution in [1.29, 1.82) is 0 Å². The molecular weight excluding hydrogens is 422 g/mol. The lowest BCUT2D eigenvalue weighted by atomic mass is 9.98. The Morgan fingerprint density at radius 2 is 1.59 bits per heavy atom. The second kappa shape index (κ2) is 8.40. The molecular formula is C26H19NO4S. The molecule has 0 amide bonds. The first-order valence-electron chi connectivity index (χ1n) is 9.99. The van der Waals surface area contributed by atoms with Crippen molar-refractivity contribution in [3.63, 3.8) is 0 Å². The maximum Gasteiger partial charge on any atom is 0.364 e. The number of nitrogens with zero attached hydrogens (tertiary/aromatic N) is 1. The van der Waals surface area contributed by atoms with E-state index in [4.69, 9.17) is 14.2 Å². The number of carbonyl (C=O) groups excluding carboxylic acids is 1. The SMILES string of the molecule is COc1ccc(C2=NC(=C3C=C(c4ccc(SC)cc4)Oc4ccccc43)C(=O)O2)cc1. The fourth-order valence-corrected chi connectivity index (χ4v) is 3.97. The minimum absolute atomic E-state index is 0.254. The third-order valence-corrected chi connectivity index (χ3v) is 5.98. The van der Waals surface area contributed by atoms with Crippen LogP contribution < -0.4 is 9.47 Å². The van der Waals surface area contributed by atoms with Gasteiger partial charge in [-0.2, -0.15) is 0 Å². The zero-order valence-corrected chi connectivity index (χ0v) is 18.3. The maximum atomic E-state index is 12.8. The molecule has 0 spiro atoms. The van der Waals surface area contributed by atoms with E-state index in [9.17, 15) is 4.79 Å². The summed E-state index contributed by atoms with van der Waals surface area (Å²) in [5, 5.41) is 0. The number of carbonyl (C=O) groups is 1. The molecule has 0 atom stereocenters. The standard InChI is InChI=1S/C26H19NO4S/c1-29-18-11-7-17(8-12-18)25-27-24(26(28)31-25)21-15-23(16-9-13-19(32-2)14-10-16)30-22-6-4-3-5-20(21)22/h3-15H,1-2H3. The highest BCUT2D eigenvalue weighted by molar-refractivity contribution is 7.98. The van der Waals surface area contributed by atoms with Crippen LogP contribution in [0.1, 0.15) is 16.7 Å². The van der Waals surface area contributed by atoms with Gasteiger partial charge in [0.05, 0.1) is 7.11 Å². The molecule has 0 aliphatic carbocycles. The molecule has 0 saturated carbocycles. The molecule has 0 radical (unpaired) electrons. The van der Waals surface area contributed by atoms with Crippen molar-refractivity contribution in [3.8, 4) is 11.5 Å². The predicted molar refractivity (Wildman–Crippen MR) is 126 cm³/mol. The number of cyclic esters (lactones) is 1. The van der Waals surface area contributed by atoms with Crippen molar-refractivity contribution in [2.75, 3.05) is 13.4 Å². The molecule has 2 aliphatic rings. The van der Waals surface area contributed by atoms with Crippen LogP contribution in [0.4, 0.5) is 0 Å². The number of esters is 1. The van der Waals surface area contributed by atoms with Gasteiger partial charge < -0.3 is 14.2 Å². The van der Waals surface area contributed by atoms with Crippen LogP contribution in [0.5, 0.6) is 11.5 Å². The van der Waals surface area contributed by atoms with Crippen LogP contribution in [-0.4, -0.2) is 25.2 Å². The molecule has 5 rings (SSSR count). The Morgan fingerprint density at radius 1 is 0.875 bits per heavy atom. The fraction of sp³-hybridized carbons (Fsp3) is 0.0769. The van der Waals surface area contributed by atoms with E-state index in [1.54, 1.807) is 31.0 Å². The van der Waals surface area contributed by atoms with Gasteiger partial charge >= 0.3 is 5.97 Å². The predicted octanol–water partition coefficient (Wildman–Crippen LogP) is 5.57. The highest BCUT2D eigenvalue weighted by atomic mass is 32.2. The summed E-state index contributed by atoms with van der Waals surface area (Å²) in [4.78, 5) is 18.5. The number of ether oxygens (including phenoxy) is 3. The van der Waals surface area contributed by atoms with E-state index >= 15 is 0 Å². The van der Waals surface area contributed by atoms with Gasteiger partial charge in [0.15, 0.2) is 5.70 Å². The minimum atomic E-state index is -0.490. The number of allylic oxidation sites excluding steroid dienone is 2. The highest BCUT2D eigenvalue weighted by Crippen LogP contribution is 2.40. The molecule has 0 saturated heterocycles. The van der Waals surface area contributed by atoms with Crippen molar-refractivity contribution < 1.29 is 19.0 Å². The van der Waals surface area contributed by atoms with Crippen LogP contribution in [0.25, 0.3) is 11.3 Å². The lowest BCUT2D eigenvalue weighted by molar-refractivity contribution is -0.129. The monoisotopic (exact) mass is 441 g/mol. The normalized spacial score (nSPS) is 17.1. The molecule has 0 unspecified atom stereocenters. The van der Waals surface area contributed by atoms with Crippen LogP contribution >= 0.6 is 11.8 Å². The summed E-state index contributed by atoms with van der Waals surface area (Å²) in [6.45, 7) is 0. The quantitative estimate of drug-likeness (QED) is 0.301. The molecule has 32 heavy (non-hydrogen) atoms. The Morgan fingerprint density at radius 3 is 2.31 bits per heavy atom. The number of para-hydroxylation sites is 1. The van der Waals surface area contributed by atoms with E-state index < -0.39 is 5.97 Å². The Balaban J connectivity index is 1.62. The number of benzene rings is 3. The number of methoxy groups -OCH3 is 1. The Bertz CT molecular complexity index is 1290. The summed E-state index contributed by atoms with van der Waals surface area (Å²) in [6, 6.07) is 22.9. The molecule has 2 aliphatic heterocycles. The molecule has 2 heterocycles. The van der Waals surface area contributed by atoms with E-state index in [0.29, 0.717) is 22.6 Å². The van der Waals surface area contributed by atoms with Crippen LogP contribution in [0.3, 0.4) is 0 Å². The second-order valence-corrected chi connectivity index (χ2v) is 8.01. The summed E-state index contributed by atoms with van der Waals surface area (Å²) >= 11 is 1.68. The van der Waals surface area contributed by atoms with Crippen LogP contribution in [0, 0.1) is 0 Å². The largest absolute Gasteiger partial charge is 0.497 e. The summed E-state index contributed by atoms with van der Waals surface area (Å²) < 4.78 is 16.9. The van der Waals surface area contributed by atoms with Gasteiger partial charge in [0.2, 0.25) is 5.90 Å². The number of aliphatic imine (C=N–C) groups is 1. The van der Waals surface area contributed by atoms with E-state index in [-0.39, 0.29) is 11.6 Å². The fourth-order valence-electron chi connectivity index (χ4n) is 3.56. The van der Waals surface area contributed by atoms with Crippen molar-refractivity contribution in [3.05, 3.63) is 101 Å². The van der Waals surface area contributed by atoms with E-state index in [0.717, 1.165) is 21.8 Å². The minimum Gasteiger partial charge on any atom is -0.497 e. The number of hydrogen-bond donors (Lipinski definition) is 0. The Hall–Kier alpha value is -3.77. The lowest BCUT2D eigenvalue weighted by Gasteiger charge is -2.20. The van der Waals surface area contributed by atoms with E-state index in [2.05, 4.69) is 4.99 Å². The highest BCUT2D eigenvalue weighted by Gasteiger charge is 2.30. The maximum absolute atomic E-state index is 12.8. The first-order valence-corrected chi connectivity index (χ1v) is 11.2. The Labute approximate surface area is 190 Å². The average molecular weight is 442 g/mol. The first-order chi connectivity index (χ1) is 15.7. The third-order valence-electron chi connectivity index (χ3n) is 5.24. The number of rotatable bonds is 4. The van der Waals surface area contributed by atoms with E-state index in [1.807, 2.05) is 73.0 Å². The van der Waals surface area contributed by atoms with Gasteiger partial charge in [-0.3, -0.25) is 0 Å². The molecule has 0 fully saturated rings. The summed E-state index contributed by atoms with van der Waals surface area (Å²) in [5.41, 5.74) is 3.34. The van der Waals surface area contributed by atoms with Gasteiger partial charge in [-0.1, -0.05) is 30.3 Å². The van der Waals surface area contributed by atoms with Crippen molar-refractivity contribution in [2.24, 2.45) is 4.99 Å². The molecule has 0 aromatic heterocycles. The van der Waals surface area contributed by atoms with Gasteiger partial charge in [0.25, 0.3) is 0 Å². The zero-order chi connectivity index (χ0) is 22.1. The summed E-state index contributed by atoms with van der Waals surface area (Å²) in [7, 11) is 1.60. The molecule has 3 aromatic carbocycles. The topological polar surface area (TPSA) is 57.1 Å². The summed E-state index contributed by atoms with van der Waals surface area (Å²) in [5.74, 6) is 1.82. The van der Waals surface area contributed by atoms with Gasteiger partial charge in [0, 0.05) is 27.2 Å². The Kier molecular flexibility index (Phi) is 5.29. The number of hydrogen-bond acceptors (Lipinski definition) is 6. The molecule has 0 N–H and O–H groups in total. The molecule has 158 valence electrons. The van der Waals surface area contributed by atoms with Gasteiger partial charge in [-0.15, -0.1) is 11.8 Å². The smallest absolute Gasteiger partial charge is 0.364 e. The molecule has 3 aromatic rings. The van der Waals surface area contributed by atoms with Crippen molar-refractivity contribution in [2.45, 2.75) is 4.90 Å². The van der Waals surface area contributed by atoms with Crippen molar-refractivity contribution >= 4 is 35.0 Å². The number of thioether (sulfide) groups is 1. The third kappa shape index (κ3) is 3.69. The first kappa shape index (κ1) is 20.2. The number of fused-ring (bicyclic) bond motifs is 1. The van der Waals surface area contributed by atoms with Crippen LogP contribution in [-0.2, 0) is 9.53 Å². The van der Waals surface area contributed by atoms with Gasteiger partial charge in [-0.05, 0) is 54.8 Å². The lowest BCUT2D eigenvalue weighted by Crippen LogP contribution is -2.08. The molecule has 5 nitrogen and oxygen atoms in total. The van der Waals surface area contributed by atoms with E-state index in [1.165, 1.54) is 0 Å². The average Bonchev–Trinajstić information content (AvgIpc) is 3.24. The van der Waals surface area contributed by atoms with Gasteiger partial charge in [0.1, 0.15) is 17.3 Å². The molecule has 0 bridgehead atoms. The van der Waals surface area contributed by atoms with Gasteiger partial charge in [-0.25, -0.2) is 9.79 Å².